The second-order valence-electron chi connectivity index (χ2n) is 4.18. The predicted octanol–water partition coefficient (Wildman–Crippen LogP) is 1.39. The lowest BCUT2D eigenvalue weighted by Gasteiger charge is -2.10. The zero-order chi connectivity index (χ0) is 12.1. The van der Waals surface area contributed by atoms with Crippen LogP contribution in [0.5, 0.6) is 0 Å². The van der Waals surface area contributed by atoms with Crippen molar-refractivity contribution in [2.45, 2.75) is 32.0 Å². The van der Waals surface area contributed by atoms with E-state index in [9.17, 15) is 0 Å². The standard InChI is InChI=1S/C12H19N3O2/c1-13-11-6-9(8-16-2)14-12(15-11)7-10-4-3-5-17-10/h6,10H,3-5,7-8H2,1-2H3,(H,13,14,15). The minimum Gasteiger partial charge on any atom is -0.378 e. The number of methoxy groups -OCH3 is 1. The maximum absolute atomic E-state index is 5.60. The monoisotopic (exact) mass is 237 g/mol. The Morgan fingerprint density at radius 1 is 1.53 bits per heavy atom. The number of nitrogens with zero attached hydrogens (tertiary/aromatic N) is 2. The van der Waals surface area contributed by atoms with Crippen LogP contribution in [0.3, 0.4) is 0 Å². The van der Waals surface area contributed by atoms with Crippen molar-refractivity contribution in [2.24, 2.45) is 0 Å². The van der Waals surface area contributed by atoms with E-state index in [0.717, 1.165) is 43.2 Å². The second kappa shape index (κ2) is 5.93. The molecule has 1 N–H and O–H groups in total. The highest BCUT2D eigenvalue weighted by atomic mass is 16.5. The highest BCUT2D eigenvalue weighted by Gasteiger charge is 2.18. The van der Waals surface area contributed by atoms with Crippen LogP contribution < -0.4 is 5.32 Å². The average molecular weight is 237 g/mol. The van der Waals surface area contributed by atoms with Gasteiger partial charge in [-0.25, -0.2) is 9.97 Å². The molecule has 2 heterocycles. The van der Waals surface area contributed by atoms with Crippen LogP contribution in [0, 0.1) is 0 Å². The van der Waals surface area contributed by atoms with Crippen molar-refractivity contribution in [3.8, 4) is 0 Å². The van der Waals surface area contributed by atoms with Crippen molar-refractivity contribution < 1.29 is 9.47 Å². The minimum atomic E-state index is 0.275. The molecule has 5 heteroatoms. The Bertz CT molecular complexity index is 365. The second-order valence-corrected chi connectivity index (χ2v) is 4.18. The van der Waals surface area contributed by atoms with Gasteiger partial charge in [-0.3, -0.25) is 0 Å². The molecular weight excluding hydrogens is 218 g/mol. The number of anilines is 1. The first kappa shape index (κ1) is 12.3. The van der Waals surface area contributed by atoms with Crippen LogP contribution >= 0.6 is 0 Å². The van der Waals surface area contributed by atoms with Crippen molar-refractivity contribution in [2.75, 3.05) is 26.1 Å². The van der Waals surface area contributed by atoms with Gasteiger partial charge in [-0.05, 0) is 12.8 Å². The minimum absolute atomic E-state index is 0.275. The Morgan fingerprint density at radius 2 is 2.41 bits per heavy atom. The van der Waals surface area contributed by atoms with Crippen LogP contribution in [0.4, 0.5) is 5.82 Å². The van der Waals surface area contributed by atoms with Crippen LogP contribution in [-0.2, 0) is 22.5 Å². The quantitative estimate of drug-likeness (QED) is 0.838. The maximum atomic E-state index is 5.60. The highest BCUT2D eigenvalue weighted by Crippen LogP contribution is 2.17. The smallest absolute Gasteiger partial charge is 0.133 e. The van der Waals surface area contributed by atoms with Crippen LogP contribution in [0.15, 0.2) is 6.07 Å². The van der Waals surface area contributed by atoms with E-state index in [2.05, 4.69) is 15.3 Å². The fourth-order valence-corrected chi connectivity index (χ4v) is 2.00. The van der Waals surface area contributed by atoms with E-state index in [1.54, 1.807) is 7.11 Å². The van der Waals surface area contributed by atoms with Crippen molar-refractivity contribution >= 4 is 5.82 Å². The summed E-state index contributed by atoms with van der Waals surface area (Å²) in [6, 6.07) is 1.91. The predicted molar refractivity (Wildman–Crippen MR) is 65.0 cm³/mol. The van der Waals surface area contributed by atoms with Gasteiger partial charge in [0, 0.05) is 33.3 Å². The third kappa shape index (κ3) is 3.38. The molecule has 0 saturated carbocycles. The highest BCUT2D eigenvalue weighted by molar-refractivity contribution is 5.35. The molecule has 0 radical (unpaired) electrons. The van der Waals surface area contributed by atoms with Crippen molar-refractivity contribution in [3.63, 3.8) is 0 Å². The molecule has 0 aliphatic carbocycles. The molecule has 1 saturated heterocycles. The van der Waals surface area contributed by atoms with Gasteiger partial charge in [0.2, 0.25) is 0 Å². The van der Waals surface area contributed by atoms with Crippen LogP contribution in [0.1, 0.15) is 24.4 Å². The summed E-state index contributed by atoms with van der Waals surface area (Å²) in [5.74, 6) is 1.66. The van der Waals surface area contributed by atoms with E-state index in [1.807, 2.05) is 13.1 Å². The van der Waals surface area contributed by atoms with E-state index in [4.69, 9.17) is 9.47 Å². The number of ether oxygens (including phenoxy) is 2. The maximum Gasteiger partial charge on any atom is 0.133 e. The number of nitrogens with one attached hydrogen (secondary N) is 1. The molecule has 1 atom stereocenters. The summed E-state index contributed by atoms with van der Waals surface area (Å²) in [4.78, 5) is 8.92. The number of aromatic nitrogens is 2. The largest absolute Gasteiger partial charge is 0.378 e. The third-order valence-corrected chi connectivity index (χ3v) is 2.81. The first-order valence-electron chi connectivity index (χ1n) is 5.97. The summed E-state index contributed by atoms with van der Waals surface area (Å²) in [7, 11) is 3.52. The van der Waals surface area contributed by atoms with E-state index in [-0.39, 0.29) is 6.10 Å². The summed E-state index contributed by atoms with van der Waals surface area (Å²) >= 11 is 0. The molecule has 1 aliphatic rings. The van der Waals surface area contributed by atoms with Gasteiger partial charge in [0.25, 0.3) is 0 Å². The summed E-state index contributed by atoms with van der Waals surface area (Å²) in [5, 5.41) is 3.04. The van der Waals surface area contributed by atoms with Crippen molar-refractivity contribution in [1.29, 1.82) is 0 Å². The molecule has 0 amide bonds. The molecular formula is C12H19N3O2. The SMILES string of the molecule is CNc1cc(COC)nc(CC2CCCO2)n1. The Labute approximate surface area is 102 Å². The summed E-state index contributed by atoms with van der Waals surface area (Å²) in [6.07, 6.45) is 3.30. The number of rotatable bonds is 5. The Hall–Kier alpha value is -1.20. The molecule has 94 valence electrons. The Balaban J connectivity index is 2.10. The zero-order valence-electron chi connectivity index (χ0n) is 10.4. The first-order valence-corrected chi connectivity index (χ1v) is 5.97. The number of hydrogen-bond acceptors (Lipinski definition) is 5. The van der Waals surface area contributed by atoms with Crippen LogP contribution in [0.2, 0.25) is 0 Å². The van der Waals surface area contributed by atoms with E-state index < -0.39 is 0 Å². The summed E-state index contributed by atoms with van der Waals surface area (Å²) in [6.45, 7) is 1.37. The molecule has 2 rings (SSSR count). The lowest BCUT2D eigenvalue weighted by molar-refractivity contribution is 0.109. The molecule has 0 spiro atoms. The van der Waals surface area contributed by atoms with Gasteiger partial charge < -0.3 is 14.8 Å². The molecule has 1 fully saturated rings. The lowest BCUT2D eigenvalue weighted by Crippen LogP contribution is -2.13. The Morgan fingerprint density at radius 3 is 3.06 bits per heavy atom. The molecule has 0 aromatic carbocycles. The average Bonchev–Trinajstić information content (AvgIpc) is 2.82. The molecule has 17 heavy (non-hydrogen) atoms. The third-order valence-electron chi connectivity index (χ3n) is 2.81. The zero-order valence-corrected chi connectivity index (χ0v) is 10.4. The summed E-state index contributed by atoms with van der Waals surface area (Å²) in [5.41, 5.74) is 0.903. The lowest BCUT2D eigenvalue weighted by atomic mass is 10.2. The van der Waals surface area contributed by atoms with Crippen molar-refractivity contribution in [3.05, 3.63) is 17.6 Å². The van der Waals surface area contributed by atoms with Gasteiger partial charge in [-0.15, -0.1) is 0 Å². The fourth-order valence-electron chi connectivity index (χ4n) is 2.00. The molecule has 1 aliphatic heterocycles. The van der Waals surface area contributed by atoms with Gasteiger partial charge >= 0.3 is 0 Å². The van der Waals surface area contributed by atoms with Gasteiger partial charge in [-0.1, -0.05) is 0 Å². The van der Waals surface area contributed by atoms with Crippen LogP contribution in [0.25, 0.3) is 0 Å². The van der Waals surface area contributed by atoms with Crippen LogP contribution in [-0.4, -0.2) is 36.8 Å². The molecule has 5 nitrogen and oxygen atoms in total. The van der Waals surface area contributed by atoms with E-state index in [1.165, 1.54) is 0 Å². The van der Waals surface area contributed by atoms with Crippen molar-refractivity contribution in [1.82, 2.24) is 9.97 Å². The number of hydrogen-bond donors (Lipinski definition) is 1. The van der Waals surface area contributed by atoms with Gasteiger partial charge in [0.15, 0.2) is 0 Å². The molecule has 1 aromatic heterocycles. The van der Waals surface area contributed by atoms with Gasteiger partial charge in [-0.2, -0.15) is 0 Å². The normalized spacial score (nSPS) is 19.5. The first-order chi connectivity index (χ1) is 8.31. The molecule has 1 unspecified atom stereocenters. The fraction of sp³-hybridized carbons (Fsp3) is 0.667. The van der Waals surface area contributed by atoms with E-state index >= 15 is 0 Å². The topological polar surface area (TPSA) is 56.3 Å². The Kier molecular flexibility index (Phi) is 4.28. The molecule has 1 aromatic rings. The van der Waals surface area contributed by atoms with Gasteiger partial charge in [0.05, 0.1) is 18.4 Å². The van der Waals surface area contributed by atoms with E-state index in [0.29, 0.717) is 6.61 Å². The van der Waals surface area contributed by atoms with Gasteiger partial charge in [0.1, 0.15) is 11.6 Å². The summed E-state index contributed by atoms with van der Waals surface area (Å²) < 4.78 is 10.7. The molecule has 0 bridgehead atoms.